The Balaban J connectivity index is 2.65. The summed E-state index contributed by atoms with van der Waals surface area (Å²) in [6.07, 6.45) is 1.24. The number of urea groups is 1. The van der Waals surface area contributed by atoms with Crippen molar-refractivity contribution in [1.29, 1.82) is 0 Å². The summed E-state index contributed by atoms with van der Waals surface area (Å²) in [5.41, 5.74) is 0.221. The number of amides is 2. The molecule has 21 heavy (non-hydrogen) atoms. The molecule has 2 N–H and O–H groups in total. The zero-order valence-corrected chi connectivity index (χ0v) is 11.8. The van der Waals surface area contributed by atoms with Crippen molar-refractivity contribution in [3.8, 4) is 0 Å². The van der Waals surface area contributed by atoms with E-state index < -0.39 is 18.0 Å². The fourth-order valence-electron chi connectivity index (χ4n) is 1.49. The molecular formula is C13H17N3O5. The minimum Gasteiger partial charge on any atom is -0.477 e. The average molecular weight is 295 g/mol. The van der Waals surface area contributed by atoms with E-state index in [0.29, 0.717) is 12.2 Å². The number of likely N-dealkylation sites (N-methyl/N-ethyl adjacent to an activating group) is 1. The van der Waals surface area contributed by atoms with E-state index >= 15 is 0 Å². The predicted octanol–water partition coefficient (Wildman–Crippen LogP) is 1.20. The van der Waals surface area contributed by atoms with Gasteiger partial charge in [0.2, 0.25) is 0 Å². The summed E-state index contributed by atoms with van der Waals surface area (Å²) < 4.78 is 4.78. The highest BCUT2D eigenvalue weighted by Crippen LogP contribution is 2.07. The minimum atomic E-state index is -1.15. The second-order valence-electron chi connectivity index (χ2n) is 3.99. The fourth-order valence-corrected chi connectivity index (χ4v) is 1.49. The zero-order valence-electron chi connectivity index (χ0n) is 11.8. The summed E-state index contributed by atoms with van der Waals surface area (Å²) in [5.74, 6) is -1.64. The number of carboxylic acids is 1. The highest BCUT2D eigenvalue weighted by atomic mass is 16.5. The van der Waals surface area contributed by atoms with Gasteiger partial charge < -0.3 is 20.1 Å². The van der Waals surface area contributed by atoms with E-state index in [4.69, 9.17) is 9.84 Å². The van der Waals surface area contributed by atoms with Crippen LogP contribution in [-0.4, -0.2) is 52.7 Å². The third-order valence-electron chi connectivity index (χ3n) is 2.53. The van der Waals surface area contributed by atoms with E-state index in [1.807, 2.05) is 0 Å². The zero-order chi connectivity index (χ0) is 15.8. The highest BCUT2D eigenvalue weighted by molar-refractivity contribution is 5.92. The molecule has 0 saturated carbocycles. The minimum absolute atomic E-state index is 0.119. The largest absolute Gasteiger partial charge is 0.477 e. The van der Waals surface area contributed by atoms with Gasteiger partial charge in [0.05, 0.1) is 18.5 Å². The van der Waals surface area contributed by atoms with Gasteiger partial charge in [0.15, 0.2) is 0 Å². The molecule has 8 nitrogen and oxygen atoms in total. The standard InChI is InChI=1S/C13H17N3O5/c1-3-16(8-11(17)21-4-2)13(20)15-9-5-6-10(12(18)19)14-7-9/h5-7H,3-4,8H2,1-2H3,(H,15,20)(H,18,19). The number of anilines is 1. The molecule has 114 valence electrons. The molecule has 0 aliphatic carbocycles. The van der Waals surface area contributed by atoms with Gasteiger partial charge >= 0.3 is 18.0 Å². The lowest BCUT2D eigenvalue weighted by Crippen LogP contribution is -2.39. The number of aromatic carboxylic acids is 1. The number of carboxylic acid groups (broad SMARTS) is 1. The maximum Gasteiger partial charge on any atom is 0.354 e. The van der Waals surface area contributed by atoms with Crippen LogP contribution in [0.2, 0.25) is 0 Å². The average Bonchev–Trinajstić information content (AvgIpc) is 2.45. The molecule has 0 aliphatic heterocycles. The SMILES string of the molecule is CCOC(=O)CN(CC)C(=O)Nc1ccc(C(=O)O)nc1. The van der Waals surface area contributed by atoms with E-state index in [1.165, 1.54) is 23.2 Å². The predicted molar refractivity (Wildman–Crippen MR) is 74.1 cm³/mol. The Hall–Kier alpha value is -2.64. The maximum absolute atomic E-state index is 12.0. The molecular weight excluding hydrogens is 278 g/mol. The summed E-state index contributed by atoms with van der Waals surface area (Å²) >= 11 is 0. The molecule has 0 radical (unpaired) electrons. The van der Waals surface area contributed by atoms with Gasteiger partial charge in [-0.05, 0) is 26.0 Å². The summed E-state index contributed by atoms with van der Waals surface area (Å²) in [7, 11) is 0. The van der Waals surface area contributed by atoms with Gasteiger partial charge in [0.1, 0.15) is 12.2 Å². The van der Waals surface area contributed by atoms with Crippen LogP contribution in [0.25, 0.3) is 0 Å². The van der Waals surface area contributed by atoms with Crippen molar-refractivity contribution in [2.75, 3.05) is 25.0 Å². The lowest BCUT2D eigenvalue weighted by atomic mass is 10.3. The van der Waals surface area contributed by atoms with Crippen LogP contribution in [0.15, 0.2) is 18.3 Å². The quantitative estimate of drug-likeness (QED) is 0.763. The number of pyridine rings is 1. The Morgan fingerprint density at radius 2 is 2.05 bits per heavy atom. The molecule has 0 bridgehead atoms. The molecule has 1 rings (SSSR count). The third-order valence-corrected chi connectivity index (χ3v) is 2.53. The summed E-state index contributed by atoms with van der Waals surface area (Å²) in [6, 6.07) is 2.21. The van der Waals surface area contributed by atoms with Gasteiger partial charge in [0.25, 0.3) is 0 Å². The monoisotopic (exact) mass is 295 g/mol. The van der Waals surface area contributed by atoms with Gasteiger partial charge in [-0.1, -0.05) is 0 Å². The summed E-state index contributed by atoms with van der Waals surface area (Å²) in [5, 5.41) is 11.3. The van der Waals surface area contributed by atoms with Gasteiger partial charge in [-0.15, -0.1) is 0 Å². The number of carbonyl (C=O) groups is 3. The Kier molecular flexibility index (Phi) is 6.12. The van der Waals surface area contributed by atoms with Crippen molar-refractivity contribution in [2.45, 2.75) is 13.8 Å². The highest BCUT2D eigenvalue weighted by Gasteiger charge is 2.16. The molecule has 0 atom stereocenters. The molecule has 0 aromatic carbocycles. The lowest BCUT2D eigenvalue weighted by molar-refractivity contribution is -0.143. The summed E-state index contributed by atoms with van der Waals surface area (Å²) in [4.78, 5) is 38.9. The number of nitrogens with one attached hydrogen (secondary N) is 1. The Morgan fingerprint density at radius 3 is 2.52 bits per heavy atom. The summed E-state index contributed by atoms with van der Waals surface area (Å²) in [6.45, 7) is 3.83. The van der Waals surface area contributed by atoms with Crippen LogP contribution >= 0.6 is 0 Å². The van der Waals surface area contributed by atoms with Crippen LogP contribution in [0.3, 0.4) is 0 Å². The third kappa shape index (κ3) is 5.09. The number of nitrogens with zero attached hydrogens (tertiary/aromatic N) is 2. The molecule has 0 fully saturated rings. The van der Waals surface area contributed by atoms with E-state index in [1.54, 1.807) is 13.8 Å². The van der Waals surface area contributed by atoms with E-state index in [-0.39, 0.29) is 18.8 Å². The lowest BCUT2D eigenvalue weighted by Gasteiger charge is -2.20. The number of esters is 1. The Bertz CT molecular complexity index is 515. The van der Waals surface area contributed by atoms with E-state index in [0.717, 1.165) is 0 Å². The normalized spacial score (nSPS) is 9.81. The van der Waals surface area contributed by atoms with Crippen molar-refractivity contribution in [3.05, 3.63) is 24.0 Å². The first-order valence-corrected chi connectivity index (χ1v) is 6.38. The van der Waals surface area contributed by atoms with Crippen molar-refractivity contribution in [2.24, 2.45) is 0 Å². The number of carbonyl (C=O) groups excluding carboxylic acids is 2. The van der Waals surface area contributed by atoms with Crippen LogP contribution in [0.4, 0.5) is 10.5 Å². The molecule has 2 amide bonds. The van der Waals surface area contributed by atoms with Crippen molar-refractivity contribution < 1.29 is 24.2 Å². The number of ether oxygens (including phenoxy) is 1. The molecule has 0 unspecified atom stereocenters. The molecule has 0 spiro atoms. The first-order valence-electron chi connectivity index (χ1n) is 6.38. The second kappa shape index (κ2) is 7.83. The van der Waals surface area contributed by atoms with E-state index in [9.17, 15) is 14.4 Å². The molecule has 1 aromatic heterocycles. The molecule has 0 aliphatic rings. The van der Waals surface area contributed by atoms with Gasteiger partial charge in [0, 0.05) is 6.54 Å². The van der Waals surface area contributed by atoms with Crippen molar-refractivity contribution in [1.82, 2.24) is 9.88 Å². The van der Waals surface area contributed by atoms with Crippen LogP contribution in [0, 0.1) is 0 Å². The van der Waals surface area contributed by atoms with E-state index in [2.05, 4.69) is 10.3 Å². The number of hydrogen-bond acceptors (Lipinski definition) is 5. The second-order valence-corrected chi connectivity index (χ2v) is 3.99. The molecule has 1 aromatic rings. The number of hydrogen-bond donors (Lipinski definition) is 2. The fraction of sp³-hybridized carbons (Fsp3) is 0.385. The van der Waals surface area contributed by atoms with Crippen molar-refractivity contribution in [3.63, 3.8) is 0 Å². The van der Waals surface area contributed by atoms with Crippen LogP contribution in [-0.2, 0) is 9.53 Å². The number of rotatable bonds is 6. The Labute approximate surface area is 121 Å². The molecule has 1 heterocycles. The molecule has 0 saturated heterocycles. The smallest absolute Gasteiger partial charge is 0.354 e. The maximum atomic E-state index is 12.0. The van der Waals surface area contributed by atoms with Crippen LogP contribution in [0.5, 0.6) is 0 Å². The number of aromatic nitrogens is 1. The molecule has 8 heteroatoms. The topological polar surface area (TPSA) is 109 Å². The first kappa shape index (κ1) is 16.4. The van der Waals surface area contributed by atoms with Gasteiger partial charge in [-0.3, -0.25) is 4.79 Å². The van der Waals surface area contributed by atoms with Crippen LogP contribution < -0.4 is 5.32 Å². The Morgan fingerprint density at radius 1 is 1.33 bits per heavy atom. The first-order chi connectivity index (χ1) is 9.97. The van der Waals surface area contributed by atoms with Crippen molar-refractivity contribution >= 4 is 23.7 Å². The van der Waals surface area contributed by atoms with Gasteiger partial charge in [-0.2, -0.15) is 0 Å². The van der Waals surface area contributed by atoms with Gasteiger partial charge in [-0.25, -0.2) is 14.6 Å². The van der Waals surface area contributed by atoms with Crippen LogP contribution in [0.1, 0.15) is 24.3 Å².